The van der Waals surface area contributed by atoms with Crippen LogP contribution in [0.15, 0.2) is 48.7 Å². The number of rotatable bonds is 6. The van der Waals surface area contributed by atoms with Gasteiger partial charge in [0.1, 0.15) is 0 Å². The minimum absolute atomic E-state index is 0.0690. The first-order chi connectivity index (χ1) is 10.6. The molecule has 0 aliphatic carbocycles. The van der Waals surface area contributed by atoms with E-state index in [1.807, 2.05) is 0 Å². The summed E-state index contributed by atoms with van der Waals surface area (Å²) in [4.78, 5) is 38.0. The summed E-state index contributed by atoms with van der Waals surface area (Å²) in [5.74, 6) is -1.10. The fourth-order valence-corrected chi connectivity index (χ4v) is 1.86. The molecule has 0 atom stereocenters. The molecule has 1 aromatic heterocycles. The van der Waals surface area contributed by atoms with Crippen molar-refractivity contribution < 1.29 is 14.5 Å². The number of Topliss-reactive ketones (excluding diaryl/α,β-unsaturated/α-hetero) is 1. The Kier molecular flexibility index (Phi) is 4.92. The van der Waals surface area contributed by atoms with Gasteiger partial charge in [0.2, 0.25) is 5.91 Å². The number of nitro groups is 1. The van der Waals surface area contributed by atoms with Crippen LogP contribution in [0.1, 0.15) is 22.5 Å². The molecule has 0 aliphatic rings. The number of carbonyl (C=O) groups excluding carboxylic acids is 2. The van der Waals surface area contributed by atoms with Crippen LogP contribution in [-0.4, -0.2) is 21.6 Å². The number of para-hydroxylation sites is 1. The SMILES string of the molecule is O=C(CC(=O)c1ccccc1[N+](=O)[O-])NCc1ccccn1. The van der Waals surface area contributed by atoms with Crippen LogP contribution in [-0.2, 0) is 11.3 Å². The Morgan fingerprint density at radius 2 is 1.86 bits per heavy atom. The molecule has 0 fully saturated rings. The van der Waals surface area contributed by atoms with Crippen LogP contribution in [0.5, 0.6) is 0 Å². The number of pyridine rings is 1. The Bertz CT molecular complexity index is 701. The molecule has 0 spiro atoms. The molecule has 2 aromatic rings. The average Bonchev–Trinajstić information content (AvgIpc) is 2.54. The van der Waals surface area contributed by atoms with Crippen LogP contribution >= 0.6 is 0 Å². The van der Waals surface area contributed by atoms with Gasteiger partial charge in [-0.05, 0) is 18.2 Å². The van der Waals surface area contributed by atoms with E-state index in [-0.39, 0.29) is 17.8 Å². The number of benzene rings is 1. The molecular formula is C15H13N3O4. The van der Waals surface area contributed by atoms with Crippen LogP contribution in [0.2, 0.25) is 0 Å². The highest BCUT2D eigenvalue weighted by atomic mass is 16.6. The molecule has 0 aliphatic heterocycles. The maximum atomic E-state index is 12.0. The van der Waals surface area contributed by atoms with Gasteiger partial charge < -0.3 is 5.32 Å². The van der Waals surface area contributed by atoms with Crippen LogP contribution in [0, 0.1) is 10.1 Å². The number of nitro benzene ring substituents is 1. The third-order valence-corrected chi connectivity index (χ3v) is 2.92. The zero-order chi connectivity index (χ0) is 15.9. The minimum Gasteiger partial charge on any atom is -0.350 e. The number of carbonyl (C=O) groups is 2. The van der Waals surface area contributed by atoms with Crippen molar-refractivity contribution in [3.63, 3.8) is 0 Å². The lowest BCUT2D eigenvalue weighted by Crippen LogP contribution is -2.25. The van der Waals surface area contributed by atoms with Gasteiger partial charge in [-0.25, -0.2) is 0 Å². The van der Waals surface area contributed by atoms with E-state index in [2.05, 4.69) is 10.3 Å². The molecular weight excluding hydrogens is 286 g/mol. The van der Waals surface area contributed by atoms with Gasteiger partial charge in [0.05, 0.1) is 29.1 Å². The predicted octanol–water partition coefficient (Wildman–Crippen LogP) is 1.88. The summed E-state index contributed by atoms with van der Waals surface area (Å²) in [7, 11) is 0. The predicted molar refractivity (Wildman–Crippen MR) is 78.1 cm³/mol. The zero-order valence-corrected chi connectivity index (χ0v) is 11.6. The highest BCUT2D eigenvalue weighted by Crippen LogP contribution is 2.19. The van der Waals surface area contributed by atoms with Crippen LogP contribution in [0.3, 0.4) is 0 Å². The minimum atomic E-state index is -0.640. The van der Waals surface area contributed by atoms with Crippen molar-refractivity contribution in [3.8, 4) is 0 Å². The van der Waals surface area contributed by atoms with Crippen molar-refractivity contribution in [2.75, 3.05) is 0 Å². The van der Waals surface area contributed by atoms with Gasteiger partial charge >= 0.3 is 0 Å². The molecule has 2 rings (SSSR count). The Morgan fingerprint density at radius 1 is 1.14 bits per heavy atom. The second-order valence-corrected chi connectivity index (χ2v) is 4.47. The molecule has 7 nitrogen and oxygen atoms in total. The molecule has 22 heavy (non-hydrogen) atoms. The number of nitrogens with one attached hydrogen (secondary N) is 1. The third-order valence-electron chi connectivity index (χ3n) is 2.92. The Morgan fingerprint density at radius 3 is 2.55 bits per heavy atom. The summed E-state index contributed by atoms with van der Waals surface area (Å²) in [5, 5.41) is 13.4. The van der Waals surface area contributed by atoms with Crippen molar-refractivity contribution in [1.82, 2.24) is 10.3 Å². The Hall–Kier alpha value is -3.09. The topological polar surface area (TPSA) is 102 Å². The molecule has 0 radical (unpaired) electrons. The zero-order valence-electron chi connectivity index (χ0n) is 11.6. The van der Waals surface area contributed by atoms with E-state index in [9.17, 15) is 19.7 Å². The summed E-state index contributed by atoms with van der Waals surface area (Å²) in [6, 6.07) is 10.8. The van der Waals surface area contributed by atoms with Crippen molar-refractivity contribution in [1.29, 1.82) is 0 Å². The van der Waals surface area contributed by atoms with E-state index < -0.39 is 23.0 Å². The lowest BCUT2D eigenvalue weighted by molar-refractivity contribution is -0.385. The van der Waals surface area contributed by atoms with Gasteiger partial charge in [0.15, 0.2) is 5.78 Å². The molecule has 1 N–H and O–H groups in total. The standard InChI is InChI=1S/C15H13N3O4/c19-14(12-6-1-2-7-13(12)18(21)22)9-15(20)17-10-11-5-3-4-8-16-11/h1-8H,9-10H2,(H,17,20). The molecule has 0 bridgehead atoms. The van der Waals surface area contributed by atoms with E-state index in [4.69, 9.17) is 0 Å². The largest absolute Gasteiger partial charge is 0.350 e. The fourth-order valence-electron chi connectivity index (χ4n) is 1.86. The second kappa shape index (κ2) is 7.07. The number of hydrogen-bond donors (Lipinski definition) is 1. The first-order valence-electron chi connectivity index (χ1n) is 6.51. The van der Waals surface area contributed by atoms with Crippen molar-refractivity contribution >= 4 is 17.4 Å². The number of nitrogens with zero attached hydrogens (tertiary/aromatic N) is 2. The van der Waals surface area contributed by atoms with E-state index in [0.29, 0.717) is 5.69 Å². The van der Waals surface area contributed by atoms with Crippen molar-refractivity contribution in [2.45, 2.75) is 13.0 Å². The quantitative estimate of drug-likeness (QED) is 0.380. The number of hydrogen-bond acceptors (Lipinski definition) is 5. The monoisotopic (exact) mass is 299 g/mol. The number of aromatic nitrogens is 1. The summed E-state index contributed by atoms with van der Waals surface area (Å²) in [6.45, 7) is 0.198. The summed E-state index contributed by atoms with van der Waals surface area (Å²) in [5.41, 5.74) is 0.291. The van der Waals surface area contributed by atoms with Crippen molar-refractivity contribution in [3.05, 3.63) is 70.0 Å². The normalized spacial score (nSPS) is 10.0. The molecule has 1 heterocycles. The first-order valence-corrected chi connectivity index (χ1v) is 6.51. The van der Waals surface area contributed by atoms with Gasteiger partial charge in [-0.15, -0.1) is 0 Å². The van der Waals surface area contributed by atoms with E-state index in [1.165, 1.54) is 24.3 Å². The summed E-state index contributed by atoms with van der Waals surface area (Å²) >= 11 is 0. The van der Waals surface area contributed by atoms with Gasteiger partial charge in [0.25, 0.3) is 5.69 Å². The molecule has 112 valence electrons. The smallest absolute Gasteiger partial charge is 0.280 e. The lowest BCUT2D eigenvalue weighted by Gasteiger charge is -2.05. The lowest BCUT2D eigenvalue weighted by atomic mass is 10.1. The van der Waals surface area contributed by atoms with Gasteiger partial charge in [-0.3, -0.25) is 24.7 Å². The molecule has 0 saturated heterocycles. The van der Waals surface area contributed by atoms with Crippen molar-refractivity contribution in [2.24, 2.45) is 0 Å². The maximum absolute atomic E-state index is 12.0. The Labute approximate surface area is 126 Å². The first kappa shape index (κ1) is 15.3. The maximum Gasteiger partial charge on any atom is 0.280 e. The highest BCUT2D eigenvalue weighted by molar-refractivity contribution is 6.09. The number of ketones is 1. The van der Waals surface area contributed by atoms with Gasteiger partial charge in [-0.1, -0.05) is 18.2 Å². The van der Waals surface area contributed by atoms with Gasteiger partial charge in [-0.2, -0.15) is 0 Å². The average molecular weight is 299 g/mol. The third kappa shape index (κ3) is 3.95. The van der Waals surface area contributed by atoms with Crippen LogP contribution in [0.4, 0.5) is 5.69 Å². The van der Waals surface area contributed by atoms with Gasteiger partial charge in [0, 0.05) is 12.3 Å². The Balaban J connectivity index is 1.97. The molecule has 1 amide bonds. The molecule has 0 saturated carbocycles. The van der Waals surface area contributed by atoms with Crippen LogP contribution in [0.25, 0.3) is 0 Å². The molecule has 1 aromatic carbocycles. The fraction of sp³-hybridized carbons (Fsp3) is 0.133. The molecule has 0 unspecified atom stereocenters. The summed E-state index contributed by atoms with van der Waals surface area (Å²) in [6.07, 6.45) is 1.15. The summed E-state index contributed by atoms with van der Waals surface area (Å²) < 4.78 is 0. The highest BCUT2D eigenvalue weighted by Gasteiger charge is 2.21. The van der Waals surface area contributed by atoms with Crippen LogP contribution < -0.4 is 5.32 Å². The van der Waals surface area contributed by atoms with E-state index in [0.717, 1.165) is 0 Å². The second-order valence-electron chi connectivity index (χ2n) is 4.47. The van der Waals surface area contributed by atoms with E-state index >= 15 is 0 Å². The molecule has 7 heteroatoms. The van der Waals surface area contributed by atoms with E-state index in [1.54, 1.807) is 24.4 Å². The number of amides is 1.